The topological polar surface area (TPSA) is 30.2 Å². The number of halogens is 3. The van der Waals surface area contributed by atoms with Crippen molar-refractivity contribution < 1.29 is 18.0 Å². The predicted molar refractivity (Wildman–Crippen MR) is 71.0 cm³/mol. The Morgan fingerprint density at radius 3 is 2.60 bits per heavy atom. The Kier molecular flexibility index (Phi) is 3.03. The molecule has 0 amide bonds. The standard InChI is InChI=1S/C15H7ClF2O2/c16-11-3-1-8(6-12(11)18)15(19)14-7-9-5-10(17)2-4-13(9)20-14/h1-7H. The largest absolute Gasteiger partial charge is 0.453 e. The summed E-state index contributed by atoms with van der Waals surface area (Å²) in [5, 5.41) is 0.413. The lowest BCUT2D eigenvalue weighted by atomic mass is 10.1. The number of furan rings is 1. The first-order valence-corrected chi connectivity index (χ1v) is 6.11. The molecule has 0 unspecified atom stereocenters. The number of carbonyl (C=O) groups excluding carboxylic acids is 1. The maximum atomic E-state index is 13.3. The average molecular weight is 293 g/mol. The zero-order valence-electron chi connectivity index (χ0n) is 9.99. The minimum absolute atomic E-state index is 0.0207. The van der Waals surface area contributed by atoms with Crippen LogP contribution < -0.4 is 0 Å². The molecule has 0 aliphatic heterocycles. The number of carbonyl (C=O) groups is 1. The first kappa shape index (κ1) is 12.8. The van der Waals surface area contributed by atoms with E-state index < -0.39 is 17.4 Å². The van der Waals surface area contributed by atoms with Crippen molar-refractivity contribution >= 4 is 28.4 Å². The number of benzene rings is 2. The molecule has 0 radical (unpaired) electrons. The Morgan fingerprint density at radius 1 is 1.05 bits per heavy atom. The van der Waals surface area contributed by atoms with Gasteiger partial charge in [0.25, 0.3) is 0 Å². The minimum atomic E-state index is -0.681. The number of hydrogen-bond donors (Lipinski definition) is 0. The maximum absolute atomic E-state index is 13.3. The third-order valence-corrected chi connectivity index (χ3v) is 3.19. The number of ketones is 1. The van der Waals surface area contributed by atoms with Crippen LogP contribution >= 0.6 is 11.6 Å². The van der Waals surface area contributed by atoms with Crippen LogP contribution in [0.2, 0.25) is 5.02 Å². The summed E-state index contributed by atoms with van der Waals surface area (Å²) in [6.45, 7) is 0. The lowest BCUT2D eigenvalue weighted by molar-refractivity contribution is 0.101. The van der Waals surface area contributed by atoms with Crippen LogP contribution in [0.15, 0.2) is 46.9 Å². The van der Waals surface area contributed by atoms with Crippen molar-refractivity contribution in [1.29, 1.82) is 0 Å². The molecule has 0 aliphatic carbocycles. The van der Waals surface area contributed by atoms with E-state index in [2.05, 4.69) is 0 Å². The molecule has 2 aromatic carbocycles. The van der Waals surface area contributed by atoms with Gasteiger partial charge in [-0.3, -0.25) is 4.79 Å². The monoisotopic (exact) mass is 292 g/mol. The summed E-state index contributed by atoms with van der Waals surface area (Å²) in [5.74, 6) is -1.57. The minimum Gasteiger partial charge on any atom is -0.453 e. The molecule has 3 aromatic rings. The summed E-state index contributed by atoms with van der Waals surface area (Å²) >= 11 is 5.56. The van der Waals surface area contributed by atoms with Crippen LogP contribution in [0.5, 0.6) is 0 Å². The summed E-state index contributed by atoms with van der Waals surface area (Å²) < 4.78 is 31.8. The van der Waals surface area contributed by atoms with Crippen molar-refractivity contribution in [3.05, 3.63) is 70.4 Å². The molecule has 0 saturated heterocycles. The SMILES string of the molecule is O=C(c1ccc(Cl)c(F)c1)c1cc2cc(F)ccc2o1. The summed E-state index contributed by atoms with van der Waals surface area (Å²) in [4.78, 5) is 12.2. The highest BCUT2D eigenvalue weighted by atomic mass is 35.5. The Hall–Kier alpha value is -2.20. The van der Waals surface area contributed by atoms with Gasteiger partial charge in [0.05, 0.1) is 5.02 Å². The van der Waals surface area contributed by atoms with E-state index in [9.17, 15) is 13.6 Å². The zero-order valence-corrected chi connectivity index (χ0v) is 10.7. The normalized spacial score (nSPS) is 10.9. The van der Waals surface area contributed by atoms with Crippen LogP contribution in [-0.2, 0) is 0 Å². The van der Waals surface area contributed by atoms with Crippen molar-refractivity contribution in [2.24, 2.45) is 0 Å². The van der Waals surface area contributed by atoms with Crippen LogP contribution in [0.25, 0.3) is 11.0 Å². The molecular weight excluding hydrogens is 286 g/mol. The van der Waals surface area contributed by atoms with Crippen molar-refractivity contribution in [2.45, 2.75) is 0 Å². The molecule has 0 aliphatic rings. The highest BCUT2D eigenvalue weighted by molar-refractivity contribution is 6.30. The first-order valence-electron chi connectivity index (χ1n) is 5.73. The molecule has 0 atom stereocenters. The number of fused-ring (bicyclic) bond motifs is 1. The molecule has 1 aromatic heterocycles. The Morgan fingerprint density at radius 2 is 1.85 bits per heavy atom. The zero-order chi connectivity index (χ0) is 14.3. The Balaban J connectivity index is 2.05. The van der Waals surface area contributed by atoms with Gasteiger partial charge in [-0.1, -0.05) is 11.6 Å². The van der Waals surface area contributed by atoms with Crippen molar-refractivity contribution in [1.82, 2.24) is 0 Å². The Bertz CT molecular complexity index is 824. The fraction of sp³-hybridized carbons (Fsp3) is 0. The molecular formula is C15H7ClF2O2. The molecule has 100 valence electrons. The quantitative estimate of drug-likeness (QED) is 0.646. The maximum Gasteiger partial charge on any atom is 0.228 e. The molecule has 0 bridgehead atoms. The third-order valence-electron chi connectivity index (χ3n) is 2.88. The molecule has 0 fully saturated rings. The smallest absolute Gasteiger partial charge is 0.228 e. The third kappa shape index (κ3) is 2.18. The van der Waals surface area contributed by atoms with E-state index in [0.29, 0.717) is 11.0 Å². The highest BCUT2D eigenvalue weighted by Gasteiger charge is 2.16. The van der Waals surface area contributed by atoms with E-state index in [-0.39, 0.29) is 16.3 Å². The molecule has 5 heteroatoms. The van der Waals surface area contributed by atoms with Crippen LogP contribution in [0.4, 0.5) is 8.78 Å². The molecule has 1 heterocycles. The van der Waals surface area contributed by atoms with Crippen LogP contribution in [0.1, 0.15) is 16.1 Å². The predicted octanol–water partition coefficient (Wildman–Crippen LogP) is 4.60. The molecule has 2 nitrogen and oxygen atoms in total. The van der Waals surface area contributed by atoms with Gasteiger partial charge >= 0.3 is 0 Å². The van der Waals surface area contributed by atoms with Crippen molar-refractivity contribution in [3.63, 3.8) is 0 Å². The van der Waals surface area contributed by atoms with E-state index in [1.165, 1.54) is 36.4 Å². The van der Waals surface area contributed by atoms with E-state index in [1.807, 2.05) is 0 Å². The molecule has 0 N–H and O–H groups in total. The fourth-order valence-electron chi connectivity index (χ4n) is 1.91. The molecule has 20 heavy (non-hydrogen) atoms. The van der Waals surface area contributed by atoms with E-state index in [4.69, 9.17) is 16.0 Å². The van der Waals surface area contributed by atoms with Gasteiger partial charge in [0.1, 0.15) is 17.2 Å². The fourth-order valence-corrected chi connectivity index (χ4v) is 2.02. The van der Waals surface area contributed by atoms with Gasteiger partial charge in [-0.2, -0.15) is 0 Å². The second kappa shape index (κ2) is 4.72. The molecule has 0 spiro atoms. The van der Waals surface area contributed by atoms with Gasteiger partial charge in [0.15, 0.2) is 5.76 Å². The summed E-state index contributed by atoms with van der Waals surface area (Å²) in [5.41, 5.74) is 0.510. The van der Waals surface area contributed by atoms with Gasteiger partial charge in [0, 0.05) is 10.9 Å². The summed E-state index contributed by atoms with van der Waals surface area (Å²) in [6.07, 6.45) is 0. The van der Waals surface area contributed by atoms with Gasteiger partial charge in [0.2, 0.25) is 5.78 Å². The van der Waals surface area contributed by atoms with Gasteiger partial charge < -0.3 is 4.42 Å². The van der Waals surface area contributed by atoms with Crippen molar-refractivity contribution in [3.8, 4) is 0 Å². The van der Waals surface area contributed by atoms with Gasteiger partial charge in [-0.25, -0.2) is 8.78 Å². The van der Waals surface area contributed by atoms with Crippen LogP contribution in [0, 0.1) is 11.6 Å². The van der Waals surface area contributed by atoms with E-state index >= 15 is 0 Å². The van der Waals surface area contributed by atoms with E-state index in [0.717, 1.165) is 6.07 Å². The highest BCUT2D eigenvalue weighted by Crippen LogP contribution is 2.23. The lowest BCUT2D eigenvalue weighted by Gasteiger charge is -1.99. The van der Waals surface area contributed by atoms with Crippen molar-refractivity contribution in [2.75, 3.05) is 0 Å². The number of rotatable bonds is 2. The molecule has 0 saturated carbocycles. The second-order valence-electron chi connectivity index (χ2n) is 4.25. The Labute approximate surface area is 117 Å². The lowest BCUT2D eigenvalue weighted by Crippen LogP contribution is -2.00. The van der Waals surface area contributed by atoms with Crippen LogP contribution in [-0.4, -0.2) is 5.78 Å². The summed E-state index contributed by atoms with van der Waals surface area (Å²) in [7, 11) is 0. The molecule has 3 rings (SSSR count). The average Bonchev–Trinajstić information content (AvgIpc) is 2.84. The first-order chi connectivity index (χ1) is 9.54. The second-order valence-corrected chi connectivity index (χ2v) is 4.66. The van der Waals surface area contributed by atoms with Gasteiger partial charge in [-0.15, -0.1) is 0 Å². The summed E-state index contributed by atoms with van der Waals surface area (Å²) in [6, 6.07) is 9.10. The van der Waals surface area contributed by atoms with Gasteiger partial charge in [-0.05, 0) is 42.5 Å². The number of hydrogen-bond acceptors (Lipinski definition) is 2. The van der Waals surface area contributed by atoms with Crippen LogP contribution in [0.3, 0.4) is 0 Å². The van der Waals surface area contributed by atoms with E-state index in [1.54, 1.807) is 0 Å².